The van der Waals surface area contributed by atoms with Gasteiger partial charge in [0.2, 0.25) is 5.95 Å². The summed E-state index contributed by atoms with van der Waals surface area (Å²) >= 11 is 0. The van der Waals surface area contributed by atoms with Gasteiger partial charge < -0.3 is 34.3 Å². The summed E-state index contributed by atoms with van der Waals surface area (Å²) in [4.78, 5) is 24.0. The van der Waals surface area contributed by atoms with Crippen LogP contribution in [-0.2, 0) is 12.8 Å². The molecule has 10 nitrogen and oxygen atoms in total. The number of nitrogens with one attached hydrogen (secondary N) is 1. The van der Waals surface area contributed by atoms with Gasteiger partial charge in [-0.15, -0.1) is 13.2 Å². The van der Waals surface area contributed by atoms with Crippen LogP contribution < -0.4 is 20.1 Å². The van der Waals surface area contributed by atoms with Crippen molar-refractivity contribution in [2.75, 3.05) is 43.4 Å². The molecule has 0 bridgehead atoms. The van der Waals surface area contributed by atoms with Gasteiger partial charge in [0.15, 0.2) is 11.5 Å². The number of carboxylic acid groups (broad SMARTS) is 1. The van der Waals surface area contributed by atoms with Crippen LogP contribution >= 0.6 is 0 Å². The first-order valence-corrected chi connectivity index (χ1v) is 10.8. The third-order valence-corrected chi connectivity index (χ3v) is 6.01. The summed E-state index contributed by atoms with van der Waals surface area (Å²) in [6, 6.07) is 4.52. The Morgan fingerprint density at radius 2 is 1.97 bits per heavy atom. The van der Waals surface area contributed by atoms with Crippen LogP contribution in [0.15, 0.2) is 28.9 Å². The third-order valence-electron chi connectivity index (χ3n) is 6.01. The molecule has 184 valence electrons. The number of ether oxygens (including phenoxy) is 1. The molecule has 1 N–H and O–H groups in total. The maximum Gasteiger partial charge on any atom is 0.573 e. The van der Waals surface area contributed by atoms with E-state index in [1.807, 2.05) is 11.9 Å². The standard InChI is InChI=1S/C22H21F3N6O4/c1-30-6-8-31(9-7-30)13-3-5-15(16(10-13)34-22(23,24)25)27-21-26-11-12-2-4-14-18(20(32)33)29-35-19(14)17(12)28-21/h3,5,10-11H,2,4,6-9H2,1H3,(H,32,33)(H,26,27,28)/p-1. The van der Waals surface area contributed by atoms with Gasteiger partial charge in [-0.3, -0.25) is 0 Å². The van der Waals surface area contributed by atoms with Crippen LogP contribution in [0, 0.1) is 0 Å². The number of aryl methyl sites for hydroxylation is 1. The first-order chi connectivity index (χ1) is 16.7. The van der Waals surface area contributed by atoms with Crippen molar-refractivity contribution in [3.63, 3.8) is 0 Å². The lowest BCUT2D eigenvalue weighted by molar-refractivity contribution is -0.274. The number of aromatic nitrogens is 3. The molecule has 3 heterocycles. The summed E-state index contributed by atoms with van der Waals surface area (Å²) in [6.45, 7) is 2.94. The minimum atomic E-state index is -4.90. The fourth-order valence-electron chi connectivity index (χ4n) is 4.20. The Morgan fingerprint density at radius 3 is 2.69 bits per heavy atom. The van der Waals surface area contributed by atoms with Gasteiger partial charge in [0.1, 0.15) is 11.4 Å². The van der Waals surface area contributed by atoms with Crippen molar-refractivity contribution in [1.82, 2.24) is 20.0 Å². The number of hydrogen-bond acceptors (Lipinski definition) is 10. The number of benzene rings is 1. The van der Waals surface area contributed by atoms with E-state index in [1.54, 1.807) is 6.07 Å². The Bertz CT molecular complexity index is 1270. The smallest absolute Gasteiger partial charge is 0.543 e. The van der Waals surface area contributed by atoms with Crippen LogP contribution in [0.25, 0.3) is 11.5 Å². The average Bonchev–Trinajstić information content (AvgIpc) is 3.25. The monoisotopic (exact) mass is 489 g/mol. The molecule has 0 spiro atoms. The largest absolute Gasteiger partial charge is 0.573 e. The van der Waals surface area contributed by atoms with Crippen LogP contribution in [-0.4, -0.2) is 65.6 Å². The summed E-state index contributed by atoms with van der Waals surface area (Å²) in [7, 11) is 1.99. The van der Waals surface area contributed by atoms with E-state index >= 15 is 0 Å². The molecule has 0 atom stereocenters. The zero-order chi connectivity index (χ0) is 24.7. The molecule has 13 heteroatoms. The number of aromatic carboxylic acids is 1. The third kappa shape index (κ3) is 4.71. The van der Waals surface area contributed by atoms with Gasteiger partial charge in [0, 0.05) is 55.3 Å². The number of halogens is 3. The molecule has 0 amide bonds. The van der Waals surface area contributed by atoms with E-state index in [9.17, 15) is 23.1 Å². The number of anilines is 3. The van der Waals surface area contributed by atoms with Crippen LogP contribution in [0.1, 0.15) is 21.6 Å². The number of rotatable bonds is 5. The number of piperazine rings is 1. The molecule has 1 aromatic carbocycles. The second-order valence-corrected chi connectivity index (χ2v) is 8.34. The second kappa shape index (κ2) is 8.73. The van der Waals surface area contributed by atoms with Crippen molar-refractivity contribution >= 4 is 23.3 Å². The van der Waals surface area contributed by atoms with Gasteiger partial charge in [-0.1, -0.05) is 5.16 Å². The first-order valence-electron chi connectivity index (χ1n) is 10.8. The molecule has 2 aliphatic rings. The number of carbonyl (C=O) groups is 1. The van der Waals surface area contributed by atoms with Gasteiger partial charge in [0.25, 0.3) is 0 Å². The highest BCUT2D eigenvalue weighted by Crippen LogP contribution is 2.37. The summed E-state index contributed by atoms with van der Waals surface area (Å²) in [5.74, 6) is -1.72. The van der Waals surface area contributed by atoms with E-state index in [0.717, 1.165) is 13.1 Å². The number of carbonyl (C=O) groups excluding carboxylic acids is 1. The number of alkyl halides is 3. The molecular formula is C22H20F3N6O4-. The van der Waals surface area contributed by atoms with E-state index < -0.39 is 18.1 Å². The molecule has 1 fully saturated rings. The van der Waals surface area contributed by atoms with E-state index in [0.29, 0.717) is 48.4 Å². The van der Waals surface area contributed by atoms with E-state index in [-0.39, 0.29) is 23.1 Å². The van der Waals surface area contributed by atoms with Crippen LogP contribution in [0.5, 0.6) is 5.75 Å². The van der Waals surface area contributed by atoms with Crippen molar-refractivity contribution in [2.45, 2.75) is 19.2 Å². The van der Waals surface area contributed by atoms with Crippen LogP contribution in [0.3, 0.4) is 0 Å². The highest BCUT2D eigenvalue weighted by Gasteiger charge is 2.33. The molecule has 0 radical (unpaired) electrons. The molecule has 35 heavy (non-hydrogen) atoms. The van der Waals surface area contributed by atoms with Gasteiger partial charge >= 0.3 is 6.36 Å². The average molecular weight is 489 g/mol. The summed E-state index contributed by atoms with van der Waals surface area (Å²) in [5.41, 5.74) is 1.70. The van der Waals surface area contributed by atoms with Gasteiger partial charge in [0.05, 0.1) is 11.7 Å². The van der Waals surface area contributed by atoms with Gasteiger partial charge in [-0.25, -0.2) is 9.97 Å². The number of nitrogens with zero attached hydrogens (tertiary/aromatic N) is 5. The predicted molar refractivity (Wildman–Crippen MR) is 115 cm³/mol. The lowest BCUT2D eigenvalue weighted by Crippen LogP contribution is -2.44. The Morgan fingerprint density at radius 1 is 1.20 bits per heavy atom. The topological polar surface area (TPSA) is 120 Å². The summed E-state index contributed by atoms with van der Waals surface area (Å²) in [6.07, 6.45) is -2.57. The fraction of sp³-hybridized carbons (Fsp3) is 0.364. The lowest BCUT2D eigenvalue weighted by Gasteiger charge is -2.34. The van der Waals surface area contributed by atoms with E-state index in [4.69, 9.17) is 4.52 Å². The maximum absolute atomic E-state index is 13.2. The van der Waals surface area contributed by atoms with Gasteiger partial charge in [-0.2, -0.15) is 0 Å². The fourth-order valence-corrected chi connectivity index (χ4v) is 4.20. The van der Waals surface area contributed by atoms with Crippen LogP contribution in [0.4, 0.5) is 30.5 Å². The van der Waals surface area contributed by atoms with Crippen molar-refractivity contribution in [2.24, 2.45) is 0 Å². The first kappa shape index (κ1) is 22.9. The summed E-state index contributed by atoms with van der Waals surface area (Å²) < 4.78 is 49.0. The van der Waals surface area contributed by atoms with Crippen molar-refractivity contribution in [3.8, 4) is 17.2 Å². The number of likely N-dealkylation sites (N-methyl/N-ethyl adjacent to an activating group) is 1. The van der Waals surface area contributed by atoms with Crippen molar-refractivity contribution in [3.05, 3.63) is 41.2 Å². The zero-order valence-corrected chi connectivity index (χ0v) is 18.6. The zero-order valence-electron chi connectivity index (χ0n) is 18.6. The highest BCUT2D eigenvalue weighted by molar-refractivity contribution is 5.88. The number of hydrogen-bond donors (Lipinski definition) is 1. The van der Waals surface area contributed by atoms with Gasteiger partial charge in [-0.05, 0) is 32.0 Å². The van der Waals surface area contributed by atoms with Crippen molar-refractivity contribution in [1.29, 1.82) is 0 Å². The number of fused-ring (bicyclic) bond motifs is 3. The molecule has 3 aromatic rings. The molecule has 0 saturated carbocycles. The Labute approximate surface area is 197 Å². The van der Waals surface area contributed by atoms with E-state index in [2.05, 4.69) is 30.1 Å². The molecule has 1 saturated heterocycles. The molecule has 0 unspecified atom stereocenters. The maximum atomic E-state index is 13.2. The Hall–Kier alpha value is -3.87. The SMILES string of the molecule is CN1CCN(c2ccc(Nc3ncc4c(n3)-c3onc(C(=O)[O-])c3CC4)c(OC(F)(F)F)c2)CC1. The van der Waals surface area contributed by atoms with Crippen LogP contribution in [0.2, 0.25) is 0 Å². The Kier molecular flexibility index (Phi) is 5.71. The van der Waals surface area contributed by atoms with Crippen molar-refractivity contribution < 1.29 is 32.3 Å². The quantitative estimate of drug-likeness (QED) is 0.570. The molecule has 1 aliphatic heterocycles. The number of carboxylic acids is 1. The minimum absolute atomic E-state index is 0.0117. The highest BCUT2D eigenvalue weighted by atomic mass is 19.4. The minimum Gasteiger partial charge on any atom is -0.543 e. The second-order valence-electron chi connectivity index (χ2n) is 8.34. The molecule has 2 aromatic heterocycles. The molecule has 5 rings (SSSR count). The predicted octanol–water partition coefficient (Wildman–Crippen LogP) is 1.99. The molecule has 1 aliphatic carbocycles. The lowest BCUT2D eigenvalue weighted by atomic mass is 9.94. The summed E-state index contributed by atoms with van der Waals surface area (Å²) in [5, 5.41) is 17.6. The van der Waals surface area contributed by atoms with E-state index in [1.165, 1.54) is 18.3 Å². The normalized spacial score (nSPS) is 15.9. The molecular weight excluding hydrogens is 469 g/mol. The Balaban J connectivity index is 1.46.